The molecule has 0 aliphatic carbocycles. The summed E-state index contributed by atoms with van der Waals surface area (Å²) in [5.74, 6) is 1.68. The lowest BCUT2D eigenvalue weighted by Crippen LogP contribution is -2.38. The second-order valence-electron chi connectivity index (χ2n) is 5.34. The van der Waals surface area contributed by atoms with Crippen molar-refractivity contribution in [3.05, 3.63) is 16.1 Å². The van der Waals surface area contributed by atoms with Crippen molar-refractivity contribution in [2.75, 3.05) is 19.6 Å². The third-order valence-electron chi connectivity index (χ3n) is 2.85. The third-order valence-corrected chi connectivity index (χ3v) is 3.83. The van der Waals surface area contributed by atoms with Gasteiger partial charge in [-0.1, -0.05) is 13.8 Å². The predicted octanol–water partition coefficient (Wildman–Crippen LogP) is 3.60. The van der Waals surface area contributed by atoms with Crippen LogP contribution in [0.15, 0.2) is 11.2 Å². The Morgan fingerprint density at radius 1 is 1.38 bits per heavy atom. The molecule has 2 N–H and O–H groups in total. The highest BCUT2D eigenvalue weighted by Crippen LogP contribution is 2.10. The van der Waals surface area contributed by atoms with Crippen molar-refractivity contribution in [3.8, 4) is 0 Å². The minimum atomic E-state index is 0. The first-order valence-electron chi connectivity index (χ1n) is 7.55. The molecule has 0 unspecified atom stereocenters. The van der Waals surface area contributed by atoms with E-state index in [1.54, 1.807) is 11.3 Å². The molecule has 1 aromatic rings. The molecule has 1 rings (SSSR count). The maximum Gasteiger partial charge on any atom is 0.191 e. The van der Waals surface area contributed by atoms with E-state index in [1.807, 2.05) is 6.20 Å². The van der Waals surface area contributed by atoms with Crippen LogP contribution < -0.4 is 10.6 Å². The number of halogens is 1. The number of aryl methyl sites for hydroxylation is 1. The normalized spacial score (nSPS) is 11.4. The monoisotopic (exact) mass is 424 g/mol. The molecule has 0 aliphatic rings. The summed E-state index contributed by atoms with van der Waals surface area (Å²) < 4.78 is 0. The predicted molar refractivity (Wildman–Crippen MR) is 104 cm³/mol. The minimum Gasteiger partial charge on any atom is -0.357 e. The van der Waals surface area contributed by atoms with Crippen LogP contribution in [0.25, 0.3) is 0 Å². The van der Waals surface area contributed by atoms with Gasteiger partial charge >= 0.3 is 0 Å². The van der Waals surface area contributed by atoms with Crippen LogP contribution in [-0.2, 0) is 6.42 Å². The van der Waals surface area contributed by atoms with Gasteiger partial charge in [0.1, 0.15) is 0 Å². The third kappa shape index (κ3) is 10.1. The number of hydrogen-bond acceptors (Lipinski definition) is 3. The number of aliphatic imine (C=N–C) groups is 1. The second-order valence-corrected chi connectivity index (χ2v) is 6.66. The van der Waals surface area contributed by atoms with Crippen LogP contribution in [0, 0.1) is 12.8 Å². The zero-order chi connectivity index (χ0) is 14.8. The zero-order valence-corrected chi connectivity index (χ0v) is 16.8. The number of nitrogens with one attached hydrogen (secondary N) is 2. The minimum absolute atomic E-state index is 0. The molecule has 0 radical (unpaired) electrons. The van der Waals surface area contributed by atoms with Gasteiger partial charge in [0.2, 0.25) is 0 Å². The highest BCUT2D eigenvalue weighted by Gasteiger charge is 2.01. The molecule has 0 aromatic carbocycles. The van der Waals surface area contributed by atoms with Crippen molar-refractivity contribution >= 4 is 41.3 Å². The van der Waals surface area contributed by atoms with Crippen molar-refractivity contribution in [3.63, 3.8) is 0 Å². The van der Waals surface area contributed by atoms with Crippen molar-refractivity contribution in [2.45, 2.75) is 47.0 Å². The first-order valence-corrected chi connectivity index (χ1v) is 8.37. The summed E-state index contributed by atoms with van der Waals surface area (Å²) in [6, 6.07) is 0. The van der Waals surface area contributed by atoms with E-state index in [9.17, 15) is 0 Å². The molecular weight excluding hydrogens is 395 g/mol. The Morgan fingerprint density at radius 2 is 2.14 bits per heavy atom. The Hall–Kier alpha value is -0.370. The van der Waals surface area contributed by atoms with E-state index in [0.29, 0.717) is 0 Å². The second kappa shape index (κ2) is 12.2. The average molecular weight is 424 g/mol. The number of rotatable bonds is 8. The van der Waals surface area contributed by atoms with Crippen molar-refractivity contribution in [1.29, 1.82) is 0 Å². The quantitative estimate of drug-likeness (QED) is 0.290. The standard InChI is InChI=1S/C15H28N4S.HI/c1-5-16-15(17-9-6-7-12(2)3)18-10-8-14-19-11-13(4)20-14;/h11-12H,5-10H2,1-4H3,(H2,16,17,18);1H. The van der Waals surface area contributed by atoms with E-state index in [0.717, 1.165) is 44.4 Å². The number of aromatic nitrogens is 1. The zero-order valence-electron chi connectivity index (χ0n) is 13.6. The summed E-state index contributed by atoms with van der Waals surface area (Å²) in [6.07, 6.45) is 5.28. The van der Waals surface area contributed by atoms with Gasteiger partial charge in [-0.2, -0.15) is 0 Å². The fraction of sp³-hybridized carbons (Fsp3) is 0.733. The van der Waals surface area contributed by atoms with Crippen molar-refractivity contribution in [1.82, 2.24) is 15.6 Å². The molecule has 21 heavy (non-hydrogen) atoms. The molecule has 0 atom stereocenters. The molecule has 1 heterocycles. The average Bonchev–Trinajstić information content (AvgIpc) is 2.80. The molecule has 0 saturated carbocycles. The highest BCUT2D eigenvalue weighted by molar-refractivity contribution is 14.0. The maximum atomic E-state index is 4.60. The lowest BCUT2D eigenvalue weighted by atomic mass is 10.1. The van der Waals surface area contributed by atoms with Gasteiger partial charge < -0.3 is 10.6 Å². The molecule has 0 aliphatic heterocycles. The molecular formula is C15H29IN4S. The van der Waals surface area contributed by atoms with Gasteiger partial charge in [0.15, 0.2) is 5.96 Å². The number of guanidine groups is 1. The van der Waals surface area contributed by atoms with Crippen LogP contribution in [0.3, 0.4) is 0 Å². The van der Waals surface area contributed by atoms with Crippen LogP contribution in [0.4, 0.5) is 0 Å². The SMILES string of the molecule is CCNC(=NCCCC(C)C)NCCc1ncc(C)s1.I. The van der Waals surface area contributed by atoms with E-state index in [-0.39, 0.29) is 24.0 Å². The van der Waals surface area contributed by atoms with Crippen LogP contribution in [0.2, 0.25) is 0 Å². The molecule has 0 bridgehead atoms. The summed E-state index contributed by atoms with van der Waals surface area (Å²) in [4.78, 5) is 10.2. The Labute approximate surface area is 150 Å². The maximum absolute atomic E-state index is 4.60. The Kier molecular flexibility index (Phi) is 12.0. The molecule has 122 valence electrons. The van der Waals surface area contributed by atoms with Gasteiger partial charge in [-0.05, 0) is 32.6 Å². The lowest BCUT2D eigenvalue weighted by molar-refractivity contribution is 0.560. The Balaban J connectivity index is 0.00000400. The fourth-order valence-corrected chi connectivity index (χ4v) is 2.62. The van der Waals surface area contributed by atoms with Gasteiger partial charge in [-0.25, -0.2) is 4.98 Å². The first kappa shape index (κ1) is 20.6. The van der Waals surface area contributed by atoms with Crippen molar-refractivity contribution in [2.24, 2.45) is 10.9 Å². The Morgan fingerprint density at radius 3 is 2.71 bits per heavy atom. The summed E-state index contributed by atoms with van der Waals surface area (Å²) in [7, 11) is 0. The molecule has 4 nitrogen and oxygen atoms in total. The van der Waals surface area contributed by atoms with Gasteiger partial charge in [-0.15, -0.1) is 35.3 Å². The van der Waals surface area contributed by atoms with E-state index < -0.39 is 0 Å². The first-order chi connectivity index (χ1) is 9.61. The molecule has 0 amide bonds. The van der Waals surface area contributed by atoms with Crippen LogP contribution in [0.5, 0.6) is 0 Å². The van der Waals surface area contributed by atoms with E-state index in [4.69, 9.17) is 0 Å². The summed E-state index contributed by atoms with van der Waals surface area (Å²) >= 11 is 1.77. The van der Waals surface area contributed by atoms with E-state index in [2.05, 4.69) is 48.3 Å². The number of nitrogens with zero attached hydrogens (tertiary/aromatic N) is 2. The van der Waals surface area contributed by atoms with Crippen LogP contribution in [-0.4, -0.2) is 30.6 Å². The molecule has 0 saturated heterocycles. The van der Waals surface area contributed by atoms with E-state index in [1.165, 1.54) is 16.3 Å². The van der Waals surface area contributed by atoms with Gasteiger partial charge in [0.25, 0.3) is 0 Å². The topological polar surface area (TPSA) is 49.3 Å². The Bertz CT molecular complexity index is 404. The van der Waals surface area contributed by atoms with Crippen LogP contribution in [0.1, 0.15) is 43.5 Å². The highest BCUT2D eigenvalue weighted by atomic mass is 127. The summed E-state index contributed by atoms with van der Waals surface area (Å²) in [5.41, 5.74) is 0. The smallest absolute Gasteiger partial charge is 0.191 e. The fourth-order valence-electron chi connectivity index (χ4n) is 1.84. The largest absolute Gasteiger partial charge is 0.357 e. The summed E-state index contributed by atoms with van der Waals surface area (Å²) in [6.45, 7) is 11.4. The summed E-state index contributed by atoms with van der Waals surface area (Å²) in [5, 5.41) is 7.84. The number of hydrogen-bond donors (Lipinski definition) is 2. The van der Waals surface area contributed by atoms with Gasteiger partial charge in [0.05, 0.1) is 5.01 Å². The molecule has 1 aromatic heterocycles. The molecule has 6 heteroatoms. The van der Waals surface area contributed by atoms with Gasteiger partial charge in [-0.3, -0.25) is 4.99 Å². The lowest BCUT2D eigenvalue weighted by Gasteiger charge is -2.10. The molecule has 0 spiro atoms. The van der Waals surface area contributed by atoms with E-state index >= 15 is 0 Å². The molecule has 0 fully saturated rings. The van der Waals surface area contributed by atoms with Crippen molar-refractivity contribution < 1.29 is 0 Å². The van der Waals surface area contributed by atoms with Crippen LogP contribution >= 0.6 is 35.3 Å². The van der Waals surface area contributed by atoms with Gasteiger partial charge in [0, 0.05) is 37.1 Å². The number of thiazole rings is 1.